The maximum absolute atomic E-state index is 12.0. The summed E-state index contributed by atoms with van der Waals surface area (Å²) in [5, 5.41) is 0. The predicted octanol–water partition coefficient (Wildman–Crippen LogP) is 6.41. The van der Waals surface area contributed by atoms with Crippen LogP contribution in [0, 0.1) is 0 Å². The smallest absolute Gasteiger partial charge is 0.338 e. The lowest BCUT2D eigenvalue weighted by Gasteiger charge is -2.07. The number of carbonyl (C=O) groups excluding carboxylic acids is 1. The molecule has 0 spiro atoms. The molecule has 0 heterocycles. The minimum atomic E-state index is -0.239. The van der Waals surface area contributed by atoms with Crippen LogP contribution in [0.15, 0.2) is 30.8 Å². The van der Waals surface area contributed by atoms with Crippen LogP contribution < -0.4 is 0 Å². The minimum Gasteiger partial charge on any atom is -0.462 e. The molecule has 0 aliphatic heterocycles. The van der Waals surface area contributed by atoms with Crippen LogP contribution >= 0.6 is 0 Å². The monoisotopic (exact) mass is 316 g/mol. The SMILES string of the molecule is C=Cc1ccccc1C(=O)OCCCCCCCCCCCC. The van der Waals surface area contributed by atoms with Gasteiger partial charge in [-0.2, -0.15) is 0 Å². The summed E-state index contributed by atoms with van der Waals surface area (Å²) in [6.45, 7) is 6.50. The molecule has 128 valence electrons. The molecule has 0 saturated heterocycles. The van der Waals surface area contributed by atoms with Crippen molar-refractivity contribution in [3.05, 3.63) is 42.0 Å². The van der Waals surface area contributed by atoms with Crippen molar-refractivity contribution in [2.75, 3.05) is 6.61 Å². The number of hydrogen-bond acceptors (Lipinski definition) is 2. The van der Waals surface area contributed by atoms with Crippen LogP contribution in [0.25, 0.3) is 6.08 Å². The van der Waals surface area contributed by atoms with Crippen LogP contribution in [0.4, 0.5) is 0 Å². The Balaban J connectivity index is 2.02. The van der Waals surface area contributed by atoms with E-state index in [4.69, 9.17) is 4.74 Å². The molecule has 0 aliphatic rings. The fraction of sp³-hybridized carbons (Fsp3) is 0.571. The summed E-state index contributed by atoms with van der Waals surface area (Å²) in [5.74, 6) is -0.239. The number of ether oxygens (including phenoxy) is 1. The molecule has 0 aromatic heterocycles. The van der Waals surface area contributed by atoms with Gasteiger partial charge >= 0.3 is 5.97 Å². The molecule has 0 unspecified atom stereocenters. The highest BCUT2D eigenvalue weighted by atomic mass is 16.5. The summed E-state index contributed by atoms with van der Waals surface area (Å²) in [5.41, 5.74) is 1.44. The van der Waals surface area contributed by atoms with Crippen molar-refractivity contribution in [1.29, 1.82) is 0 Å². The summed E-state index contributed by atoms with van der Waals surface area (Å²) < 4.78 is 5.36. The first-order valence-corrected chi connectivity index (χ1v) is 9.18. The third kappa shape index (κ3) is 8.59. The van der Waals surface area contributed by atoms with Gasteiger partial charge in [0.1, 0.15) is 0 Å². The highest BCUT2D eigenvalue weighted by Gasteiger charge is 2.09. The normalized spacial score (nSPS) is 10.5. The van der Waals surface area contributed by atoms with Gasteiger partial charge in [0.2, 0.25) is 0 Å². The van der Waals surface area contributed by atoms with Gasteiger partial charge in [0.25, 0.3) is 0 Å². The highest BCUT2D eigenvalue weighted by molar-refractivity contribution is 5.93. The van der Waals surface area contributed by atoms with E-state index in [0.29, 0.717) is 12.2 Å². The van der Waals surface area contributed by atoms with Crippen molar-refractivity contribution in [3.63, 3.8) is 0 Å². The molecule has 0 fully saturated rings. The largest absolute Gasteiger partial charge is 0.462 e. The zero-order chi connectivity index (χ0) is 16.8. The lowest BCUT2D eigenvalue weighted by Crippen LogP contribution is -2.08. The Labute approximate surface area is 141 Å². The summed E-state index contributed by atoms with van der Waals surface area (Å²) in [6, 6.07) is 7.42. The molecule has 0 atom stereocenters. The first kappa shape index (κ1) is 19.5. The van der Waals surface area contributed by atoms with E-state index in [0.717, 1.165) is 18.4 Å². The van der Waals surface area contributed by atoms with Crippen molar-refractivity contribution in [2.45, 2.75) is 71.1 Å². The molecule has 1 aromatic rings. The Morgan fingerprint density at radius 2 is 1.52 bits per heavy atom. The molecule has 0 bridgehead atoms. The van der Waals surface area contributed by atoms with Crippen LogP contribution in [0.2, 0.25) is 0 Å². The van der Waals surface area contributed by atoms with E-state index in [1.165, 1.54) is 51.4 Å². The Kier molecular flexibility index (Phi) is 10.9. The van der Waals surface area contributed by atoms with Crippen molar-refractivity contribution < 1.29 is 9.53 Å². The van der Waals surface area contributed by atoms with Gasteiger partial charge in [-0.1, -0.05) is 95.6 Å². The number of carbonyl (C=O) groups is 1. The predicted molar refractivity (Wildman–Crippen MR) is 98.7 cm³/mol. The van der Waals surface area contributed by atoms with E-state index < -0.39 is 0 Å². The molecule has 0 N–H and O–H groups in total. The van der Waals surface area contributed by atoms with Gasteiger partial charge in [0, 0.05) is 0 Å². The zero-order valence-corrected chi connectivity index (χ0v) is 14.7. The quantitative estimate of drug-likeness (QED) is 0.310. The topological polar surface area (TPSA) is 26.3 Å². The van der Waals surface area contributed by atoms with E-state index in [1.54, 1.807) is 12.1 Å². The van der Waals surface area contributed by atoms with Crippen LogP contribution in [0.1, 0.15) is 87.1 Å². The number of benzene rings is 1. The summed E-state index contributed by atoms with van der Waals surface area (Å²) in [7, 11) is 0. The van der Waals surface area contributed by atoms with Gasteiger partial charge in [-0.05, 0) is 18.1 Å². The molecule has 0 saturated carbocycles. The molecule has 0 aliphatic carbocycles. The molecule has 23 heavy (non-hydrogen) atoms. The van der Waals surface area contributed by atoms with E-state index in [-0.39, 0.29) is 5.97 Å². The van der Waals surface area contributed by atoms with Gasteiger partial charge in [-0.25, -0.2) is 4.79 Å². The Morgan fingerprint density at radius 3 is 2.13 bits per heavy atom. The molecule has 0 amide bonds. The maximum atomic E-state index is 12.0. The fourth-order valence-electron chi connectivity index (χ4n) is 2.69. The average Bonchev–Trinajstić information content (AvgIpc) is 2.59. The minimum absolute atomic E-state index is 0.239. The van der Waals surface area contributed by atoms with E-state index >= 15 is 0 Å². The second-order valence-electron chi connectivity index (χ2n) is 6.11. The third-order valence-corrected chi connectivity index (χ3v) is 4.13. The molecule has 0 radical (unpaired) electrons. The molecular weight excluding hydrogens is 284 g/mol. The van der Waals surface area contributed by atoms with Crippen LogP contribution in [0.5, 0.6) is 0 Å². The van der Waals surface area contributed by atoms with Gasteiger partial charge < -0.3 is 4.74 Å². The highest BCUT2D eigenvalue weighted by Crippen LogP contribution is 2.13. The number of unbranched alkanes of at least 4 members (excludes halogenated alkanes) is 9. The summed E-state index contributed by atoms with van der Waals surface area (Å²) in [4.78, 5) is 12.0. The molecule has 1 rings (SSSR count). The van der Waals surface area contributed by atoms with E-state index in [1.807, 2.05) is 18.2 Å². The lowest BCUT2D eigenvalue weighted by atomic mass is 10.1. The second kappa shape index (κ2) is 12.9. The molecule has 2 heteroatoms. The second-order valence-corrected chi connectivity index (χ2v) is 6.11. The Bertz CT molecular complexity index is 451. The van der Waals surface area contributed by atoms with Crippen molar-refractivity contribution >= 4 is 12.0 Å². The summed E-state index contributed by atoms with van der Waals surface area (Å²) in [6.07, 6.45) is 14.5. The Morgan fingerprint density at radius 1 is 0.957 bits per heavy atom. The van der Waals surface area contributed by atoms with Crippen molar-refractivity contribution in [3.8, 4) is 0 Å². The molecule has 2 nitrogen and oxygen atoms in total. The Hall–Kier alpha value is -1.57. The average molecular weight is 316 g/mol. The maximum Gasteiger partial charge on any atom is 0.338 e. The van der Waals surface area contributed by atoms with Crippen LogP contribution in [-0.2, 0) is 4.74 Å². The van der Waals surface area contributed by atoms with Gasteiger partial charge in [0.15, 0.2) is 0 Å². The van der Waals surface area contributed by atoms with Crippen molar-refractivity contribution in [1.82, 2.24) is 0 Å². The van der Waals surface area contributed by atoms with E-state index in [2.05, 4.69) is 13.5 Å². The van der Waals surface area contributed by atoms with Gasteiger partial charge in [-0.3, -0.25) is 0 Å². The first-order chi connectivity index (χ1) is 11.3. The van der Waals surface area contributed by atoms with Crippen LogP contribution in [0.3, 0.4) is 0 Å². The molecular formula is C21H32O2. The summed E-state index contributed by atoms with van der Waals surface area (Å²) >= 11 is 0. The zero-order valence-electron chi connectivity index (χ0n) is 14.7. The fourth-order valence-corrected chi connectivity index (χ4v) is 2.69. The van der Waals surface area contributed by atoms with E-state index in [9.17, 15) is 4.79 Å². The lowest BCUT2D eigenvalue weighted by molar-refractivity contribution is 0.0497. The first-order valence-electron chi connectivity index (χ1n) is 9.18. The van der Waals surface area contributed by atoms with Crippen molar-refractivity contribution in [2.24, 2.45) is 0 Å². The number of esters is 1. The standard InChI is InChI=1S/C21H32O2/c1-3-5-6-7-8-9-10-11-12-15-18-23-21(22)20-17-14-13-16-19(20)4-2/h4,13-14,16-17H,2-3,5-12,15,18H2,1H3. The number of rotatable bonds is 13. The van der Waals surface area contributed by atoms with Crippen LogP contribution in [-0.4, -0.2) is 12.6 Å². The van der Waals surface area contributed by atoms with Gasteiger partial charge in [-0.15, -0.1) is 0 Å². The van der Waals surface area contributed by atoms with Gasteiger partial charge in [0.05, 0.1) is 12.2 Å². The number of hydrogen-bond donors (Lipinski definition) is 0. The third-order valence-electron chi connectivity index (χ3n) is 4.13. The molecule has 1 aromatic carbocycles.